The molecule has 0 aromatic carbocycles. The van der Waals surface area contributed by atoms with E-state index in [0.717, 1.165) is 58.4 Å². The number of carbonyl (C=O) groups excluding carboxylic acids is 2. The number of likely N-dealkylation sites (tertiary alicyclic amines) is 1. The number of nitrogens with zero attached hydrogens (tertiary/aromatic N) is 4. The van der Waals surface area contributed by atoms with E-state index >= 15 is 0 Å². The lowest BCUT2D eigenvalue weighted by atomic mass is 9.72. The first kappa shape index (κ1) is 25.8. The van der Waals surface area contributed by atoms with Crippen molar-refractivity contribution in [3.63, 3.8) is 0 Å². The molecule has 0 aromatic rings. The zero-order valence-electron chi connectivity index (χ0n) is 21.2. The van der Waals surface area contributed by atoms with Crippen LogP contribution in [0.1, 0.15) is 25.7 Å². The number of fused-ring (bicyclic) bond motifs is 1. The number of hydrogen-bond donors (Lipinski definition) is 1. The van der Waals surface area contributed by atoms with Crippen LogP contribution in [0.25, 0.3) is 0 Å². The zero-order chi connectivity index (χ0) is 24.1. The van der Waals surface area contributed by atoms with Crippen molar-refractivity contribution < 1.29 is 23.8 Å². The topological polar surface area (TPSA) is 86.8 Å². The second kappa shape index (κ2) is 11.6. The van der Waals surface area contributed by atoms with E-state index in [1.807, 2.05) is 0 Å². The number of piperazine rings is 1. The van der Waals surface area contributed by atoms with Crippen LogP contribution in [-0.2, 0) is 19.0 Å². The molecule has 0 aromatic heterocycles. The number of nitrogens with one attached hydrogen (secondary N) is 1. The van der Waals surface area contributed by atoms with Gasteiger partial charge in [-0.3, -0.25) is 14.6 Å². The number of carbonyl (C=O) groups is 2. The van der Waals surface area contributed by atoms with E-state index in [1.54, 1.807) is 7.11 Å². The molecule has 0 unspecified atom stereocenters. The number of imide groups is 1. The Morgan fingerprint density at radius 2 is 1.88 bits per heavy atom. The number of hydrogen-bond acceptors (Lipinski definition) is 8. The maximum atomic E-state index is 13.6. The summed E-state index contributed by atoms with van der Waals surface area (Å²) < 4.78 is 17.2. The largest absolute Gasteiger partial charge is 0.383 e. The number of rotatable bonds is 7. The molecule has 4 aliphatic rings. The third-order valence-corrected chi connectivity index (χ3v) is 8.09. The molecule has 3 amide bonds. The average molecular weight is 482 g/mol. The molecule has 10 heteroatoms. The lowest BCUT2D eigenvalue weighted by Crippen LogP contribution is -2.57. The highest BCUT2D eigenvalue weighted by molar-refractivity contribution is 5.95. The summed E-state index contributed by atoms with van der Waals surface area (Å²) in [5, 5.41) is 2.98. The van der Waals surface area contributed by atoms with Crippen molar-refractivity contribution in [2.24, 2.45) is 11.8 Å². The fraction of sp³-hybridized carbons (Fsp3) is 0.917. The van der Waals surface area contributed by atoms with Crippen molar-refractivity contribution in [2.45, 2.75) is 37.5 Å². The summed E-state index contributed by atoms with van der Waals surface area (Å²) in [5.41, 5.74) is 0. The van der Waals surface area contributed by atoms with Gasteiger partial charge in [-0.2, -0.15) is 0 Å². The van der Waals surface area contributed by atoms with Gasteiger partial charge in [-0.1, -0.05) is 0 Å². The summed E-state index contributed by atoms with van der Waals surface area (Å²) in [6, 6.07) is 0.121. The summed E-state index contributed by atoms with van der Waals surface area (Å²) in [7, 11) is 5.82. The van der Waals surface area contributed by atoms with Gasteiger partial charge in [0, 0.05) is 71.8 Å². The number of likely N-dealkylation sites (N-methyl/N-ethyl adjacent to an activating group) is 1. The minimum Gasteiger partial charge on any atom is -0.383 e. The first-order chi connectivity index (χ1) is 16.4. The molecular formula is C24H43N5O5. The third kappa shape index (κ3) is 6.09. The molecule has 1 aliphatic carbocycles. The van der Waals surface area contributed by atoms with E-state index in [9.17, 15) is 9.59 Å². The normalized spacial score (nSPS) is 30.3. The fourth-order valence-corrected chi connectivity index (χ4v) is 6.13. The standard InChI is InChI=1S/C24H43N5O5/c1-26-8-10-28(11-9-26)7-6-25-23(31)29(12-13-32-3)22(30)20-16-19-17-24(33-14-15-34-24)5-4-21(19)27(2)18-20/h19-21H,4-18H2,1-3H3,(H,25,31)/t19-,20-,21-/m1/s1. The van der Waals surface area contributed by atoms with E-state index in [0.29, 0.717) is 44.9 Å². The minimum absolute atomic E-state index is 0.104. The van der Waals surface area contributed by atoms with Gasteiger partial charge in [0.25, 0.3) is 0 Å². The minimum atomic E-state index is -0.469. The maximum absolute atomic E-state index is 13.6. The van der Waals surface area contributed by atoms with Gasteiger partial charge < -0.3 is 29.3 Å². The number of amides is 3. The number of methoxy groups -OCH3 is 1. The number of piperidine rings is 1. The third-order valence-electron chi connectivity index (χ3n) is 8.09. The molecule has 10 nitrogen and oxygen atoms in total. The summed E-state index contributed by atoms with van der Waals surface area (Å²) >= 11 is 0. The molecule has 4 rings (SSSR count). The van der Waals surface area contributed by atoms with Crippen LogP contribution in [0.2, 0.25) is 0 Å². The second-order valence-electron chi connectivity index (χ2n) is 10.4. The molecule has 3 atom stereocenters. The fourth-order valence-electron chi connectivity index (χ4n) is 6.13. The Hall–Kier alpha value is -1.30. The molecule has 3 heterocycles. The zero-order valence-corrected chi connectivity index (χ0v) is 21.2. The predicted molar refractivity (Wildman–Crippen MR) is 127 cm³/mol. The van der Waals surface area contributed by atoms with Crippen LogP contribution in [0.3, 0.4) is 0 Å². The second-order valence-corrected chi connectivity index (χ2v) is 10.4. The molecule has 1 spiro atoms. The molecule has 34 heavy (non-hydrogen) atoms. The van der Waals surface area contributed by atoms with Gasteiger partial charge in [-0.05, 0) is 32.9 Å². The van der Waals surface area contributed by atoms with Gasteiger partial charge >= 0.3 is 6.03 Å². The van der Waals surface area contributed by atoms with Crippen LogP contribution in [-0.4, -0.2) is 137 Å². The van der Waals surface area contributed by atoms with Crippen LogP contribution < -0.4 is 5.32 Å². The Labute approximate surface area is 203 Å². The maximum Gasteiger partial charge on any atom is 0.324 e. The lowest BCUT2D eigenvalue weighted by Gasteiger charge is -2.49. The summed E-state index contributed by atoms with van der Waals surface area (Å²) in [5.74, 6) is -0.469. The van der Waals surface area contributed by atoms with Crippen LogP contribution in [0.4, 0.5) is 4.79 Å². The van der Waals surface area contributed by atoms with Crippen LogP contribution >= 0.6 is 0 Å². The molecule has 3 saturated heterocycles. The summed E-state index contributed by atoms with van der Waals surface area (Å²) in [4.78, 5) is 35.0. The van der Waals surface area contributed by atoms with Crippen LogP contribution in [0.5, 0.6) is 0 Å². The Morgan fingerprint density at radius 1 is 1.15 bits per heavy atom. The highest BCUT2D eigenvalue weighted by atomic mass is 16.7. The molecule has 0 radical (unpaired) electrons. The molecule has 194 valence electrons. The Kier molecular flexibility index (Phi) is 8.81. The van der Waals surface area contributed by atoms with Crippen LogP contribution in [0.15, 0.2) is 0 Å². The number of urea groups is 1. The smallest absolute Gasteiger partial charge is 0.324 e. The molecular weight excluding hydrogens is 438 g/mol. The van der Waals surface area contributed by atoms with Crippen LogP contribution in [0, 0.1) is 11.8 Å². The molecule has 0 bridgehead atoms. The summed E-state index contributed by atoms with van der Waals surface area (Å²) in [6.45, 7) is 7.99. The molecule has 1 N–H and O–H groups in total. The quantitative estimate of drug-likeness (QED) is 0.555. The first-order valence-corrected chi connectivity index (χ1v) is 12.9. The van der Waals surface area contributed by atoms with Crippen molar-refractivity contribution in [2.75, 3.05) is 93.4 Å². The van der Waals surface area contributed by atoms with E-state index < -0.39 is 5.79 Å². The Morgan fingerprint density at radius 3 is 2.59 bits per heavy atom. The molecule has 4 fully saturated rings. The van der Waals surface area contributed by atoms with E-state index in [-0.39, 0.29) is 24.4 Å². The van der Waals surface area contributed by atoms with Crippen molar-refractivity contribution in [3.05, 3.63) is 0 Å². The number of ether oxygens (including phenoxy) is 3. The lowest BCUT2D eigenvalue weighted by molar-refractivity contribution is -0.202. The van der Waals surface area contributed by atoms with E-state index in [1.165, 1.54) is 4.90 Å². The highest BCUT2D eigenvalue weighted by Crippen LogP contribution is 2.45. The van der Waals surface area contributed by atoms with Crippen molar-refractivity contribution in [3.8, 4) is 0 Å². The molecule has 1 saturated carbocycles. The van der Waals surface area contributed by atoms with Gasteiger partial charge in [-0.25, -0.2) is 4.79 Å². The first-order valence-electron chi connectivity index (χ1n) is 12.9. The monoisotopic (exact) mass is 481 g/mol. The van der Waals surface area contributed by atoms with Crippen molar-refractivity contribution in [1.82, 2.24) is 24.9 Å². The van der Waals surface area contributed by atoms with Gasteiger partial charge in [0.2, 0.25) is 5.91 Å². The predicted octanol–water partition coefficient (Wildman–Crippen LogP) is 0.282. The molecule has 3 aliphatic heterocycles. The van der Waals surface area contributed by atoms with Gasteiger partial charge in [0.1, 0.15) is 0 Å². The van der Waals surface area contributed by atoms with Gasteiger partial charge in [0.15, 0.2) is 5.79 Å². The van der Waals surface area contributed by atoms with Crippen molar-refractivity contribution in [1.29, 1.82) is 0 Å². The summed E-state index contributed by atoms with van der Waals surface area (Å²) in [6.07, 6.45) is 3.51. The van der Waals surface area contributed by atoms with Gasteiger partial charge in [0.05, 0.1) is 32.3 Å². The van der Waals surface area contributed by atoms with Gasteiger partial charge in [-0.15, -0.1) is 0 Å². The van der Waals surface area contributed by atoms with E-state index in [4.69, 9.17) is 14.2 Å². The highest BCUT2D eigenvalue weighted by Gasteiger charge is 2.49. The SMILES string of the molecule is COCCN(C(=O)NCCN1CCN(C)CC1)C(=O)[C@@H]1C[C@@H]2CC3(CC[C@H]2N(C)C1)OCCO3. The Balaban J connectivity index is 1.33. The van der Waals surface area contributed by atoms with E-state index in [2.05, 4.69) is 34.1 Å². The van der Waals surface area contributed by atoms with Crippen molar-refractivity contribution >= 4 is 11.9 Å². The Bertz CT molecular complexity index is 695. The average Bonchev–Trinajstić information content (AvgIpc) is 3.27.